The molecule has 0 saturated heterocycles. The fraction of sp³-hybridized carbons (Fsp3) is 0.120. The number of halogens is 1. The summed E-state index contributed by atoms with van der Waals surface area (Å²) in [4.78, 5) is 36.4. The van der Waals surface area contributed by atoms with Crippen molar-refractivity contribution in [3.63, 3.8) is 0 Å². The van der Waals surface area contributed by atoms with E-state index >= 15 is 0 Å². The lowest BCUT2D eigenvalue weighted by molar-refractivity contribution is -0.120. The molecule has 0 unspecified atom stereocenters. The van der Waals surface area contributed by atoms with E-state index in [0.29, 0.717) is 16.9 Å². The summed E-state index contributed by atoms with van der Waals surface area (Å²) in [5.74, 6) is -0.970. The van der Waals surface area contributed by atoms with Gasteiger partial charge in [-0.15, -0.1) is 0 Å². The van der Waals surface area contributed by atoms with E-state index in [2.05, 4.69) is 15.8 Å². The lowest BCUT2D eigenvalue weighted by Gasteiger charge is -2.10. The number of benzene rings is 3. The molecule has 9 heteroatoms. The predicted molar refractivity (Wildman–Crippen MR) is 129 cm³/mol. The van der Waals surface area contributed by atoms with Crippen LogP contribution in [0.2, 0.25) is 5.02 Å². The van der Waals surface area contributed by atoms with Gasteiger partial charge in [-0.25, -0.2) is 10.2 Å². The van der Waals surface area contributed by atoms with Crippen LogP contribution in [0.25, 0.3) is 0 Å². The summed E-state index contributed by atoms with van der Waals surface area (Å²) in [7, 11) is 1.43. The van der Waals surface area contributed by atoms with E-state index in [1.165, 1.54) is 13.3 Å². The monoisotopic (exact) mass is 479 g/mol. The third-order valence-electron chi connectivity index (χ3n) is 4.58. The number of ether oxygens (including phenoxy) is 2. The van der Waals surface area contributed by atoms with Crippen LogP contribution in [0.4, 0.5) is 0 Å². The lowest BCUT2D eigenvalue weighted by atomic mass is 10.1. The molecular formula is C25H22ClN3O5. The average Bonchev–Trinajstić information content (AvgIpc) is 2.83. The molecule has 0 bridgehead atoms. The van der Waals surface area contributed by atoms with Crippen molar-refractivity contribution in [2.45, 2.75) is 6.92 Å². The van der Waals surface area contributed by atoms with Crippen molar-refractivity contribution in [1.82, 2.24) is 10.7 Å². The number of carbonyl (C=O) groups is 3. The number of nitrogens with zero attached hydrogens (tertiary/aromatic N) is 1. The number of rotatable bonds is 8. The summed E-state index contributed by atoms with van der Waals surface area (Å²) >= 11 is 6.04. The Hall–Kier alpha value is -4.17. The maximum Gasteiger partial charge on any atom is 0.345 e. The van der Waals surface area contributed by atoms with Gasteiger partial charge in [0.15, 0.2) is 11.5 Å². The van der Waals surface area contributed by atoms with Crippen LogP contribution in [-0.4, -0.2) is 37.7 Å². The second kappa shape index (κ2) is 11.6. The third-order valence-corrected chi connectivity index (χ3v) is 4.91. The molecule has 2 N–H and O–H groups in total. The van der Waals surface area contributed by atoms with E-state index in [0.717, 1.165) is 5.56 Å². The van der Waals surface area contributed by atoms with Gasteiger partial charge >= 0.3 is 5.97 Å². The van der Waals surface area contributed by atoms with Crippen molar-refractivity contribution < 1.29 is 23.9 Å². The van der Waals surface area contributed by atoms with Crippen LogP contribution in [-0.2, 0) is 4.79 Å². The zero-order valence-corrected chi connectivity index (χ0v) is 19.3. The maximum absolute atomic E-state index is 12.4. The van der Waals surface area contributed by atoms with Crippen molar-refractivity contribution in [3.8, 4) is 11.5 Å². The molecule has 3 rings (SSSR count). The minimum absolute atomic E-state index is 0.201. The summed E-state index contributed by atoms with van der Waals surface area (Å²) < 4.78 is 10.7. The summed E-state index contributed by atoms with van der Waals surface area (Å²) in [6.45, 7) is 1.65. The maximum atomic E-state index is 12.4. The Morgan fingerprint density at radius 1 is 1.00 bits per heavy atom. The van der Waals surface area contributed by atoms with Crippen molar-refractivity contribution in [2.24, 2.45) is 5.10 Å². The first-order valence-corrected chi connectivity index (χ1v) is 10.6. The van der Waals surface area contributed by atoms with E-state index < -0.39 is 11.9 Å². The number of esters is 1. The van der Waals surface area contributed by atoms with Crippen molar-refractivity contribution in [2.75, 3.05) is 13.7 Å². The zero-order chi connectivity index (χ0) is 24.5. The smallest absolute Gasteiger partial charge is 0.345 e. The Bertz CT molecular complexity index is 1240. The zero-order valence-electron chi connectivity index (χ0n) is 18.5. The SMILES string of the molecule is COc1cc(C=NNC(=O)CNC(=O)c2cccc(C)c2)ccc1OC(=O)c1ccccc1Cl. The molecule has 0 aromatic heterocycles. The molecule has 0 atom stereocenters. The van der Waals surface area contributed by atoms with E-state index in [1.54, 1.807) is 60.7 Å². The second-order valence-electron chi connectivity index (χ2n) is 7.12. The first-order chi connectivity index (χ1) is 16.4. The van der Waals surface area contributed by atoms with Crippen molar-refractivity contribution in [3.05, 3.63) is 94.0 Å². The van der Waals surface area contributed by atoms with Crippen LogP contribution in [0.3, 0.4) is 0 Å². The summed E-state index contributed by atoms with van der Waals surface area (Å²) in [5, 5.41) is 6.69. The van der Waals surface area contributed by atoms with Crippen LogP contribution in [0.1, 0.15) is 31.8 Å². The Labute approximate surface area is 201 Å². The third kappa shape index (κ3) is 6.66. The van der Waals surface area contributed by atoms with Gasteiger partial charge in [-0.1, -0.05) is 41.4 Å². The predicted octanol–water partition coefficient (Wildman–Crippen LogP) is 3.76. The van der Waals surface area contributed by atoms with Crippen molar-refractivity contribution >= 4 is 35.6 Å². The number of hydrogen-bond donors (Lipinski definition) is 2. The summed E-state index contributed by atoms with van der Waals surface area (Å²) in [6, 6.07) is 18.4. The molecule has 0 saturated carbocycles. The van der Waals surface area contributed by atoms with Crippen LogP contribution in [0, 0.1) is 6.92 Å². The standard InChI is InChI=1S/C25H22ClN3O5/c1-16-6-5-7-18(12-16)24(31)27-15-23(30)29-28-14-17-10-11-21(22(13-17)33-2)34-25(32)19-8-3-4-9-20(19)26/h3-14H,15H2,1-2H3,(H,27,31)(H,29,30). The van der Waals surface area contributed by atoms with Gasteiger partial charge in [0.05, 0.1) is 30.5 Å². The highest BCUT2D eigenvalue weighted by atomic mass is 35.5. The summed E-state index contributed by atoms with van der Waals surface area (Å²) in [5.41, 5.74) is 4.57. The highest BCUT2D eigenvalue weighted by Crippen LogP contribution is 2.29. The van der Waals surface area contributed by atoms with Crippen LogP contribution in [0.5, 0.6) is 11.5 Å². The molecule has 174 valence electrons. The quantitative estimate of drug-likeness (QED) is 0.221. The van der Waals surface area contributed by atoms with E-state index in [1.807, 2.05) is 13.0 Å². The fourth-order valence-corrected chi connectivity index (χ4v) is 3.11. The highest BCUT2D eigenvalue weighted by Gasteiger charge is 2.15. The van der Waals surface area contributed by atoms with Crippen LogP contribution < -0.4 is 20.2 Å². The molecule has 3 aromatic rings. The van der Waals surface area contributed by atoms with E-state index in [-0.39, 0.29) is 28.8 Å². The number of hydrazone groups is 1. The molecule has 2 amide bonds. The number of carbonyl (C=O) groups excluding carboxylic acids is 3. The Morgan fingerprint density at radius 3 is 2.53 bits per heavy atom. The van der Waals surface area contributed by atoms with Crippen molar-refractivity contribution in [1.29, 1.82) is 0 Å². The second-order valence-corrected chi connectivity index (χ2v) is 7.53. The number of amides is 2. The number of aryl methyl sites for hydroxylation is 1. The molecule has 0 fully saturated rings. The Balaban J connectivity index is 1.55. The van der Waals surface area contributed by atoms with Gasteiger partial charge in [0.2, 0.25) is 0 Å². The number of hydrogen-bond acceptors (Lipinski definition) is 6. The van der Waals surface area contributed by atoms with Gasteiger partial charge in [-0.3, -0.25) is 9.59 Å². The lowest BCUT2D eigenvalue weighted by Crippen LogP contribution is -2.34. The van der Waals surface area contributed by atoms with E-state index in [9.17, 15) is 14.4 Å². The van der Waals surface area contributed by atoms with Gasteiger partial charge < -0.3 is 14.8 Å². The molecule has 0 heterocycles. The van der Waals surface area contributed by atoms with Crippen LogP contribution >= 0.6 is 11.6 Å². The van der Waals surface area contributed by atoms with Gasteiger partial charge in [0.1, 0.15) is 0 Å². The molecule has 0 aliphatic heterocycles. The topological polar surface area (TPSA) is 106 Å². The molecule has 0 aliphatic carbocycles. The van der Waals surface area contributed by atoms with Gasteiger partial charge in [0.25, 0.3) is 11.8 Å². The minimum Gasteiger partial charge on any atom is -0.493 e. The molecule has 8 nitrogen and oxygen atoms in total. The minimum atomic E-state index is -0.620. The largest absolute Gasteiger partial charge is 0.493 e. The average molecular weight is 480 g/mol. The molecule has 34 heavy (non-hydrogen) atoms. The Kier molecular flexibility index (Phi) is 8.37. The van der Waals surface area contributed by atoms with Gasteiger partial charge in [-0.05, 0) is 55.0 Å². The molecular weight excluding hydrogens is 458 g/mol. The number of nitrogens with one attached hydrogen (secondary N) is 2. The molecule has 0 spiro atoms. The summed E-state index contributed by atoms with van der Waals surface area (Å²) in [6.07, 6.45) is 1.39. The van der Waals surface area contributed by atoms with Gasteiger partial charge in [-0.2, -0.15) is 5.10 Å². The highest BCUT2D eigenvalue weighted by molar-refractivity contribution is 6.33. The van der Waals surface area contributed by atoms with E-state index in [4.69, 9.17) is 21.1 Å². The van der Waals surface area contributed by atoms with Gasteiger partial charge in [0, 0.05) is 5.56 Å². The normalized spacial score (nSPS) is 10.6. The van der Waals surface area contributed by atoms with Crippen LogP contribution in [0.15, 0.2) is 71.8 Å². The first kappa shape index (κ1) is 24.5. The molecule has 0 radical (unpaired) electrons. The first-order valence-electron chi connectivity index (χ1n) is 10.2. The number of methoxy groups -OCH3 is 1. The Morgan fingerprint density at radius 2 is 1.79 bits per heavy atom. The molecule has 3 aromatic carbocycles. The molecule has 0 aliphatic rings. The fourth-order valence-electron chi connectivity index (χ4n) is 2.90.